The lowest BCUT2D eigenvalue weighted by atomic mass is 9.96. The standard InChI is InChI=1S/C18H25N5O4/c1-10-5-12(24)7-13(10)17(26)22-14(6-11-8-20-9-21-11)18(27)23-4-2-3-15(23)16(19)25/h8-10,13-15H,2-7H2,1H3,(H2,19,25)(H,20,21)(H,22,26)/t10-,13+,14?,15?/m1/s1. The van der Waals surface area contributed by atoms with Crippen LogP contribution in [-0.2, 0) is 25.6 Å². The number of aromatic nitrogens is 2. The summed E-state index contributed by atoms with van der Waals surface area (Å²) in [6, 6.07) is -1.49. The number of carbonyl (C=O) groups is 4. The van der Waals surface area contributed by atoms with E-state index >= 15 is 0 Å². The van der Waals surface area contributed by atoms with Gasteiger partial charge in [0.15, 0.2) is 0 Å². The fourth-order valence-electron chi connectivity index (χ4n) is 4.00. The lowest BCUT2D eigenvalue weighted by Gasteiger charge is -2.28. The van der Waals surface area contributed by atoms with Crippen molar-refractivity contribution in [3.63, 3.8) is 0 Å². The summed E-state index contributed by atoms with van der Waals surface area (Å²) in [5.74, 6) is -1.60. The van der Waals surface area contributed by atoms with Crippen LogP contribution in [0.5, 0.6) is 0 Å². The molecule has 1 saturated carbocycles. The number of primary amides is 1. The highest BCUT2D eigenvalue weighted by molar-refractivity contribution is 5.95. The number of hydrogen-bond donors (Lipinski definition) is 3. The summed E-state index contributed by atoms with van der Waals surface area (Å²) in [6.07, 6.45) is 5.11. The summed E-state index contributed by atoms with van der Waals surface area (Å²) in [7, 11) is 0. The van der Waals surface area contributed by atoms with Gasteiger partial charge in [-0.1, -0.05) is 6.92 Å². The second-order valence-electron chi connectivity index (χ2n) is 7.46. The van der Waals surface area contributed by atoms with E-state index in [4.69, 9.17) is 5.73 Å². The van der Waals surface area contributed by atoms with Crippen molar-refractivity contribution >= 4 is 23.5 Å². The monoisotopic (exact) mass is 375 g/mol. The molecular formula is C18H25N5O4. The molecule has 1 aromatic heterocycles. The van der Waals surface area contributed by atoms with E-state index in [0.717, 1.165) is 0 Å². The van der Waals surface area contributed by atoms with E-state index in [1.807, 2.05) is 6.92 Å². The number of nitrogens with one attached hydrogen (secondary N) is 2. The molecule has 0 spiro atoms. The number of H-pyrrole nitrogens is 1. The van der Waals surface area contributed by atoms with E-state index in [1.165, 1.54) is 11.2 Å². The van der Waals surface area contributed by atoms with Crippen LogP contribution < -0.4 is 11.1 Å². The number of nitrogens with two attached hydrogens (primary N) is 1. The zero-order valence-corrected chi connectivity index (χ0v) is 15.3. The van der Waals surface area contributed by atoms with Crippen molar-refractivity contribution in [3.8, 4) is 0 Å². The van der Waals surface area contributed by atoms with Crippen LogP contribution in [0.2, 0.25) is 0 Å². The van der Waals surface area contributed by atoms with Crippen molar-refractivity contribution in [2.24, 2.45) is 17.6 Å². The van der Waals surface area contributed by atoms with Crippen LogP contribution >= 0.6 is 0 Å². The number of nitrogens with zero attached hydrogens (tertiary/aromatic N) is 2. The van der Waals surface area contributed by atoms with Gasteiger partial charge in [0.1, 0.15) is 17.9 Å². The Balaban J connectivity index is 1.76. The molecule has 1 aliphatic carbocycles. The van der Waals surface area contributed by atoms with E-state index in [0.29, 0.717) is 31.5 Å². The van der Waals surface area contributed by atoms with Gasteiger partial charge in [0.05, 0.1) is 6.33 Å². The summed E-state index contributed by atoms with van der Waals surface area (Å²) < 4.78 is 0. The zero-order valence-electron chi connectivity index (χ0n) is 15.3. The number of carbonyl (C=O) groups excluding carboxylic acids is 4. The maximum Gasteiger partial charge on any atom is 0.246 e. The van der Waals surface area contributed by atoms with Gasteiger partial charge in [-0.2, -0.15) is 0 Å². The molecule has 27 heavy (non-hydrogen) atoms. The van der Waals surface area contributed by atoms with Crippen LogP contribution in [0.1, 0.15) is 38.3 Å². The van der Waals surface area contributed by atoms with Gasteiger partial charge in [-0.25, -0.2) is 4.98 Å². The Bertz CT molecular complexity index is 732. The Labute approximate surface area is 157 Å². The van der Waals surface area contributed by atoms with Gasteiger partial charge in [0.2, 0.25) is 17.7 Å². The molecule has 1 aromatic rings. The maximum atomic E-state index is 13.1. The average Bonchev–Trinajstić information content (AvgIpc) is 3.34. The molecule has 9 heteroatoms. The van der Waals surface area contributed by atoms with E-state index in [2.05, 4.69) is 15.3 Å². The van der Waals surface area contributed by atoms with E-state index in [-0.39, 0.29) is 36.4 Å². The van der Waals surface area contributed by atoms with E-state index in [1.54, 1.807) is 6.20 Å². The first kappa shape index (κ1) is 19.1. The van der Waals surface area contributed by atoms with Crippen molar-refractivity contribution in [1.29, 1.82) is 0 Å². The molecule has 2 unspecified atom stereocenters. The molecule has 4 atom stereocenters. The topological polar surface area (TPSA) is 138 Å². The number of likely N-dealkylation sites (tertiary alicyclic amines) is 1. The largest absolute Gasteiger partial charge is 0.368 e. The molecule has 9 nitrogen and oxygen atoms in total. The Hall–Kier alpha value is -2.71. The Kier molecular flexibility index (Phi) is 5.57. The Morgan fingerprint density at radius 3 is 2.78 bits per heavy atom. The number of rotatable bonds is 6. The van der Waals surface area contributed by atoms with Gasteiger partial charge < -0.3 is 20.9 Å². The number of amides is 3. The smallest absolute Gasteiger partial charge is 0.246 e. The first-order valence-electron chi connectivity index (χ1n) is 9.26. The fraction of sp³-hybridized carbons (Fsp3) is 0.611. The quantitative estimate of drug-likeness (QED) is 0.617. The molecule has 0 aromatic carbocycles. The van der Waals surface area contributed by atoms with Gasteiger partial charge >= 0.3 is 0 Å². The number of aromatic amines is 1. The van der Waals surface area contributed by atoms with Crippen LogP contribution in [0.15, 0.2) is 12.5 Å². The van der Waals surface area contributed by atoms with Crippen molar-refractivity contribution in [2.75, 3.05) is 6.54 Å². The van der Waals surface area contributed by atoms with Gasteiger partial charge in [-0.3, -0.25) is 19.2 Å². The Morgan fingerprint density at radius 2 is 2.19 bits per heavy atom. The maximum absolute atomic E-state index is 13.1. The summed E-state index contributed by atoms with van der Waals surface area (Å²) in [4.78, 5) is 57.4. The highest BCUT2D eigenvalue weighted by atomic mass is 16.2. The first-order valence-corrected chi connectivity index (χ1v) is 9.26. The molecule has 3 rings (SSSR count). The Morgan fingerprint density at radius 1 is 1.41 bits per heavy atom. The molecule has 1 aliphatic heterocycles. The molecule has 0 bridgehead atoms. The van der Waals surface area contributed by atoms with E-state index < -0.39 is 23.9 Å². The van der Waals surface area contributed by atoms with Gasteiger partial charge in [0.25, 0.3) is 0 Å². The third kappa shape index (κ3) is 4.17. The third-order valence-corrected chi connectivity index (χ3v) is 5.48. The first-order chi connectivity index (χ1) is 12.9. The van der Waals surface area contributed by atoms with Crippen molar-refractivity contribution in [1.82, 2.24) is 20.2 Å². The molecule has 3 amide bonds. The SMILES string of the molecule is C[C@@H]1CC(=O)C[C@@H]1C(=O)NC(Cc1cnc[nH]1)C(=O)N1CCCC1C(N)=O. The van der Waals surface area contributed by atoms with Crippen molar-refractivity contribution in [2.45, 2.75) is 51.1 Å². The summed E-state index contributed by atoms with van der Waals surface area (Å²) in [5, 5.41) is 2.80. The molecule has 4 N–H and O–H groups in total. The van der Waals surface area contributed by atoms with Crippen LogP contribution in [-0.4, -0.2) is 57.0 Å². The van der Waals surface area contributed by atoms with Gasteiger partial charge in [-0.15, -0.1) is 0 Å². The number of imidazole rings is 1. The summed E-state index contributed by atoms with van der Waals surface area (Å²) in [5.41, 5.74) is 6.12. The molecule has 0 radical (unpaired) electrons. The molecule has 2 aliphatic rings. The minimum atomic E-state index is -0.846. The second-order valence-corrected chi connectivity index (χ2v) is 7.46. The number of Topliss-reactive ketones (excluding diaryl/α,β-unsaturated/α-hetero) is 1. The third-order valence-electron chi connectivity index (χ3n) is 5.48. The number of hydrogen-bond acceptors (Lipinski definition) is 5. The van der Waals surface area contributed by atoms with Crippen LogP contribution in [0.4, 0.5) is 0 Å². The molecular weight excluding hydrogens is 350 g/mol. The molecule has 2 fully saturated rings. The molecule has 1 saturated heterocycles. The predicted octanol–water partition coefficient (Wildman–Crippen LogP) is -0.471. The average molecular weight is 375 g/mol. The van der Waals surface area contributed by atoms with Crippen LogP contribution in [0.25, 0.3) is 0 Å². The minimum Gasteiger partial charge on any atom is -0.368 e. The molecule has 2 heterocycles. The van der Waals surface area contributed by atoms with Crippen molar-refractivity contribution < 1.29 is 19.2 Å². The second kappa shape index (κ2) is 7.89. The normalized spacial score (nSPS) is 26.2. The fourth-order valence-corrected chi connectivity index (χ4v) is 4.00. The lowest BCUT2D eigenvalue weighted by molar-refractivity contribution is -0.141. The summed E-state index contributed by atoms with van der Waals surface area (Å²) >= 11 is 0. The highest BCUT2D eigenvalue weighted by Gasteiger charge is 2.40. The van der Waals surface area contributed by atoms with Crippen molar-refractivity contribution in [3.05, 3.63) is 18.2 Å². The highest BCUT2D eigenvalue weighted by Crippen LogP contribution is 2.29. The van der Waals surface area contributed by atoms with E-state index in [9.17, 15) is 19.2 Å². The zero-order chi connectivity index (χ0) is 19.6. The minimum absolute atomic E-state index is 0.0504. The lowest BCUT2D eigenvalue weighted by Crippen LogP contribution is -2.54. The summed E-state index contributed by atoms with van der Waals surface area (Å²) in [6.45, 7) is 2.30. The van der Waals surface area contributed by atoms with Crippen LogP contribution in [0.3, 0.4) is 0 Å². The van der Waals surface area contributed by atoms with Gasteiger partial charge in [0, 0.05) is 43.6 Å². The predicted molar refractivity (Wildman–Crippen MR) is 95.0 cm³/mol. The number of ketones is 1. The van der Waals surface area contributed by atoms with Gasteiger partial charge in [-0.05, 0) is 18.8 Å². The van der Waals surface area contributed by atoms with Crippen LogP contribution in [0, 0.1) is 11.8 Å². The molecule has 146 valence electrons.